The van der Waals surface area contributed by atoms with Crippen molar-refractivity contribution in [3.8, 4) is 0 Å². The van der Waals surface area contributed by atoms with E-state index in [0.29, 0.717) is 13.0 Å². The lowest BCUT2D eigenvalue weighted by Gasteiger charge is -2.33. The second kappa shape index (κ2) is 7.13. The monoisotopic (exact) mass is 378 g/mol. The molecule has 0 radical (unpaired) electrons. The number of nitrogens with one attached hydrogen (secondary N) is 2. The van der Waals surface area contributed by atoms with Crippen LogP contribution in [0.2, 0.25) is 0 Å². The number of carbonyl (C=O) groups is 1. The van der Waals surface area contributed by atoms with Gasteiger partial charge in [-0.3, -0.25) is 4.79 Å². The van der Waals surface area contributed by atoms with Gasteiger partial charge in [0.1, 0.15) is 0 Å². The molecule has 1 amide bonds. The minimum atomic E-state index is -4.89. The van der Waals surface area contributed by atoms with Crippen LogP contribution < -0.4 is 10.6 Å². The number of fused-ring (bicyclic) bond motifs is 1. The van der Waals surface area contributed by atoms with E-state index >= 15 is 0 Å². The van der Waals surface area contributed by atoms with Crippen LogP contribution in [0.1, 0.15) is 24.8 Å². The minimum absolute atomic E-state index is 0. The first-order valence-electron chi connectivity index (χ1n) is 8.13. The zero-order valence-corrected chi connectivity index (χ0v) is 14.4. The second-order valence-corrected chi connectivity index (χ2v) is 6.78. The lowest BCUT2D eigenvalue weighted by molar-refractivity contribution is -0.264. The summed E-state index contributed by atoms with van der Waals surface area (Å²) in [5, 5.41) is 15.8. The van der Waals surface area contributed by atoms with Crippen LogP contribution in [0.15, 0.2) is 30.3 Å². The van der Waals surface area contributed by atoms with E-state index in [9.17, 15) is 23.1 Å². The Balaban J connectivity index is 0.00000225. The number of carbonyl (C=O) groups excluding carboxylic acids is 1. The normalized spacial score (nSPS) is 27.9. The molecule has 1 aliphatic heterocycles. The highest BCUT2D eigenvalue weighted by molar-refractivity contribution is 5.85. The van der Waals surface area contributed by atoms with Gasteiger partial charge in [-0.25, -0.2) is 0 Å². The van der Waals surface area contributed by atoms with Crippen LogP contribution in [0, 0.1) is 11.3 Å². The third kappa shape index (κ3) is 3.37. The highest BCUT2D eigenvalue weighted by atomic mass is 35.5. The fraction of sp³-hybridized carbons (Fsp3) is 0.588. The third-order valence-corrected chi connectivity index (χ3v) is 5.47. The molecule has 3 N–H and O–H groups in total. The molecule has 1 unspecified atom stereocenters. The molecule has 3 atom stereocenters. The van der Waals surface area contributed by atoms with Gasteiger partial charge in [-0.05, 0) is 30.9 Å². The summed E-state index contributed by atoms with van der Waals surface area (Å²) in [6.45, 7) is 0.322. The van der Waals surface area contributed by atoms with Gasteiger partial charge in [0.25, 0.3) is 0 Å². The number of rotatable bonds is 4. The van der Waals surface area contributed by atoms with Crippen molar-refractivity contribution >= 4 is 18.3 Å². The van der Waals surface area contributed by atoms with Gasteiger partial charge in [-0.15, -0.1) is 12.4 Å². The van der Waals surface area contributed by atoms with Gasteiger partial charge in [0.15, 0.2) is 0 Å². The Labute approximate surface area is 150 Å². The number of halogens is 4. The van der Waals surface area contributed by atoms with Crippen LogP contribution in [-0.2, 0) is 10.4 Å². The maximum atomic E-state index is 13.5. The first-order chi connectivity index (χ1) is 11.3. The maximum Gasteiger partial charge on any atom is 0.423 e. The van der Waals surface area contributed by atoms with Gasteiger partial charge in [0, 0.05) is 6.54 Å². The molecule has 1 saturated heterocycles. The smallest absolute Gasteiger partial charge is 0.375 e. The van der Waals surface area contributed by atoms with Crippen molar-refractivity contribution in [3.05, 3.63) is 35.9 Å². The summed E-state index contributed by atoms with van der Waals surface area (Å²) in [5.74, 6) is -0.234. The molecule has 1 saturated carbocycles. The number of hydrogen-bond donors (Lipinski definition) is 3. The molecule has 4 nitrogen and oxygen atoms in total. The average molecular weight is 379 g/mol. The van der Waals surface area contributed by atoms with E-state index in [0.717, 1.165) is 19.4 Å². The Kier molecular flexibility index (Phi) is 5.71. The maximum absolute atomic E-state index is 13.5. The van der Waals surface area contributed by atoms with Gasteiger partial charge in [-0.2, -0.15) is 13.2 Å². The van der Waals surface area contributed by atoms with Crippen molar-refractivity contribution < 1.29 is 23.1 Å². The van der Waals surface area contributed by atoms with Gasteiger partial charge < -0.3 is 15.7 Å². The van der Waals surface area contributed by atoms with Crippen molar-refractivity contribution in [2.45, 2.75) is 31.0 Å². The second-order valence-electron chi connectivity index (χ2n) is 6.78. The Hall–Kier alpha value is -1.31. The highest BCUT2D eigenvalue weighted by Crippen LogP contribution is 2.46. The van der Waals surface area contributed by atoms with E-state index in [2.05, 4.69) is 10.6 Å². The van der Waals surface area contributed by atoms with E-state index < -0.39 is 29.6 Å². The molecule has 1 aliphatic carbocycles. The molecule has 1 aromatic carbocycles. The minimum Gasteiger partial charge on any atom is -0.375 e. The third-order valence-electron chi connectivity index (χ3n) is 5.47. The molecule has 2 fully saturated rings. The van der Waals surface area contributed by atoms with Crippen molar-refractivity contribution in [1.82, 2.24) is 10.6 Å². The zero-order chi connectivity index (χ0) is 17.4. The van der Waals surface area contributed by atoms with Crippen molar-refractivity contribution in [3.63, 3.8) is 0 Å². The van der Waals surface area contributed by atoms with Crippen molar-refractivity contribution in [2.75, 3.05) is 19.6 Å². The summed E-state index contributed by atoms with van der Waals surface area (Å²) in [6.07, 6.45) is -2.40. The first kappa shape index (κ1) is 20.0. The standard InChI is InChI=1S/C17H21F3N2O2.ClH/c18-17(19,20)16(24,12-5-2-1-3-6-12)11-22-14(23)15-8-4-7-13(15)9-21-10-15;/h1-3,5-6,13,21,24H,4,7-11H2,(H,22,23);1H/t13-,15-,16?;/m1./s1. The van der Waals surface area contributed by atoms with E-state index in [1.54, 1.807) is 6.07 Å². The summed E-state index contributed by atoms with van der Waals surface area (Å²) >= 11 is 0. The van der Waals surface area contributed by atoms with Crippen LogP contribution in [0.25, 0.3) is 0 Å². The summed E-state index contributed by atoms with van der Waals surface area (Å²) in [5.41, 5.74) is -4.01. The topological polar surface area (TPSA) is 61.4 Å². The highest BCUT2D eigenvalue weighted by Gasteiger charge is 2.57. The fourth-order valence-corrected chi connectivity index (χ4v) is 3.99. The zero-order valence-electron chi connectivity index (χ0n) is 13.6. The summed E-state index contributed by atoms with van der Waals surface area (Å²) in [7, 11) is 0. The van der Waals surface area contributed by atoms with Crippen molar-refractivity contribution in [1.29, 1.82) is 0 Å². The Morgan fingerprint density at radius 1 is 1.32 bits per heavy atom. The molecule has 1 aromatic rings. The molecule has 1 heterocycles. The van der Waals surface area contributed by atoms with Gasteiger partial charge in [-0.1, -0.05) is 36.8 Å². The molecule has 25 heavy (non-hydrogen) atoms. The SMILES string of the molecule is Cl.O=C(NCC(O)(c1ccccc1)C(F)(F)F)[C@@]12CCC[C@@H]1CNC2. The largest absolute Gasteiger partial charge is 0.423 e. The predicted molar refractivity (Wildman–Crippen MR) is 89.3 cm³/mol. The first-order valence-corrected chi connectivity index (χ1v) is 8.13. The molecule has 0 aromatic heterocycles. The van der Waals surface area contributed by atoms with Gasteiger partial charge >= 0.3 is 6.18 Å². The van der Waals surface area contributed by atoms with Gasteiger partial charge in [0.05, 0.1) is 12.0 Å². The fourth-order valence-electron chi connectivity index (χ4n) is 3.99. The van der Waals surface area contributed by atoms with Crippen LogP contribution in [-0.4, -0.2) is 36.8 Å². The number of hydrogen-bond acceptors (Lipinski definition) is 3. The Morgan fingerprint density at radius 3 is 2.64 bits per heavy atom. The molecule has 8 heteroatoms. The molecule has 0 spiro atoms. The quantitative estimate of drug-likeness (QED) is 0.753. The molecule has 140 valence electrons. The Morgan fingerprint density at radius 2 is 2.00 bits per heavy atom. The number of amides is 1. The van der Waals surface area contributed by atoms with E-state index in [1.807, 2.05) is 0 Å². The molecule has 0 bridgehead atoms. The van der Waals surface area contributed by atoms with Crippen molar-refractivity contribution in [2.24, 2.45) is 11.3 Å². The van der Waals surface area contributed by atoms with Crippen LogP contribution in [0.4, 0.5) is 13.2 Å². The summed E-state index contributed by atoms with van der Waals surface area (Å²) in [4.78, 5) is 12.6. The van der Waals surface area contributed by atoms with Crippen LogP contribution in [0.3, 0.4) is 0 Å². The van der Waals surface area contributed by atoms with Crippen LogP contribution >= 0.6 is 12.4 Å². The number of alkyl halides is 3. The number of benzene rings is 1. The lowest BCUT2D eigenvalue weighted by atomic mass is 9.79. The molecular weight excluding hydrogens is 357 g/mol. The summed E-state index contributed by atoms with van der Waals surface area (Å²) in [6, 6.07) is 6.87. The molecule has 2 aliphatic rings. The predicted octanol–water partition coefficient (Wildman–Crippen LogP) is 2.36. The molecular formula is C17H22ClF3N2O2. The van der Waals surface area contributed by atoms with E-state index in [4.69, 9.17) is 0 Å². The average Bonchev–Trinajstić information content (AvgIpc) is 3.12. The lowest BCUT2D eigenvalue weighted by Crippen LogP contribution is -2.54. The Bertz CT molecular complexity index is 602. The summed E-state index contributed by atoms with van der Waals surface area (Å²) < 4.78 is 40.4. The molecule has 3 rings (SSSR count). The van der Waals surface area contributed by atoms with E-state index in [-0.39, 0.29) is 23.9 Å². The van der Waals surface area contributed by atoms with Gasteiger partial charge in [0.2, 0.25) is 11.5 Å². The van der Waals surface area contributed by atoms with E-state index in [1.165, 1.54) is 24.3 Å². The number of aliphatic hydroxyl groups is 1. The van der Waals surface area contributed by atoms with Crippen LogP contribution in [0.5, 0.6) is 0 Å².